The molecule has 0 amide bonds. The highest BCUT2D eigenvalue weighted by atomic mass is 15.1. The Morgan fingerprint density at radius 3 is 2.55 bits per heavy atom. The number of anilines is 3. The van der Waals surface area contributed by atoms with Gasteiger partial charge in [-0.25, -0.2) is 4.98 Å². The van der Waals surface area contributed by atoms with Crippen molar-refractivity contribution in [3.63, 3.8) is 0 Å². The normalized spacial score (nSPS) is 9.40. The maximum absolute atomic E-state index is 9.01. The lowest BCUT2D eigenvalue weighted by atomic mass is 10.1. The van der Waals surface area contributed by atoms with E-state index in [4.69, 9.17) is 10.5 Å². The van der Waals surface area contributed by atoms with E-state index in [9.17, 15) is 0 Å². The standard InChI is InChI=1S/C14H12N6/c1-9-8-18-14(17-2)20-13(9)19-12-4-3-10(6-15)11(5-12)7-16/h3-5,8H,1-2H3,(H2,17,18,19,20). The fourth-order valence-electron chi connectivity index (χ4n) is 1.64. The summed E-state index contributed by atoms with van der Waals surface area (Å²) in [6.07, 6.45) is 1.70. The molecule has 0 bridgehead atoms. The van der Waals surface area contributed by atoms with E-state index in [2.05, 4.69) is 20.6 Å². The van der Waals surface area contributed by atoms with Crippen molar-refractivity contribution >= 4 is 17.5 Å². The van der Waals surface area contributed by atoms with Crippen molar-refractivity contribution in [1.82, 2.24) is 9.97 Å². The van der Waals surface area contributed by atoms with Gasteiger partial charge >= 0.3 is 0 Å². The number of hydrogen-bond acceptors (Lipinski definition) is 6. The first-order valence-corrected chi connectivity index (χ1v) is 5.90. The summed E-state index contributed by atoms with van der Waals surface area (Å²) in [5.41, 5.74) is 2.27. The quantitative estimate of drug-likeness (QED) is 0.882. The molecule has 1 aromatic heterocycles. The molecule has 0 unspecified atom stereocenters. The molecular weight excluding hydrogens is 252 g/mol. The minimum absolute atomic E-state index is 0.332. The van der Waals surface area contributed by atoms with Crippen LogP contribution in [0.4, 0.5) is 17.5 Å². The van der Waals surface area contributed by atoms with Crippen molar-refractivity contribution in [2.45, 2.75) is 6.92 Å². The predicted molar refractivity (Wildman–Crippen MR) is 75.5 cm³/mol. The van der Waals surface area contributed by atoms with Gasteiger partial charge in [0.15, 0.2) is 0 Å². The van der Waals surface area contributed by atoms with Gasteiger partial charge in [0, 0.05) is 24.5 Å². The Morgan fingerprint density at radius 2 is 1.90 bits per heavy atom. The Morgan fingerprint density at radius 1 is 1.15 bits per heavy atom. The van der Waals surface area contributed by atoms with Gasteiger partial charge in [0.1, 0.15) is 18.0 Å². The van der Waals surface area contributed by atoms with Crippen LogP contribution in [0.2, 0.25) is 0 Å². The second kappa shape index (κ2) is 5.68. The zero-order valence-corrected chi connectivity index (χ0v) is 11.1. The van der Waals surface area contributed by atoms with E-state index in [-0.39, 0.29) is 0 Å². The first kappa shape index (κ1) is 13.3. The third-order valence-corrected chi connectivity index (χ3v) is 2.72. The highest BCUT2D eigenvalue weighted by Gasteiger charge is 2.06. The molecule has 2 rings (SSSR count). The lowest BCUT2D eigenvalue weighted by Crippen LogP contribution is -2.02. The topological polar surface area (TPSA) is 97.4 Å². The van der Waals surface area contributed by atoms with Gasteiger partial charge in [-0.15, -0.1) is 0 Å². The van der Waals surface area contributed by atoms with E-state index < -0.39 is 0 Å². The molecule has 6 heteroatoms. The van der Waals surface area contributed by atoms with E-state index in [1.165, 1.54) is 0 Å². The lowest BCUT2D eigenvalue weighted by molar-refractivity contribution is 1.12. The average Bonchev–Trinajstić information content (AvgIpc) is 2.49. The summed E-state index contributed by atoms with van der Waals surface area (Å²) in [6, 6.07) is 8.95. The molecule has 0 atom stereocenters. The van der Waals surface area contributed by atoms with Crippen molar-refractivity contribution < 1.29 is 0 Å². The number of hydrogen-bond donors (Lipinski definition) is 2. The SMILES string of the molecule is CNc1ncc(C)c(Nc2ccc(C#N)c(C#N)c2)n1. The van der Waals surface area contributed by atoms with Gasteiger partial charge in [0.05, 0.1) is 11.1 Å². The Labute approximate surface area is 116 Å². The Kier molecular flexibility index (Phi) is 3.78. The number of rotatable bonds is 3. The summed E-state index contributed by atoms with van der Waals surface area (Å²) < 4.78 is 0. The molecule has 0 aliphatic carbocycles. The maximum atomic E-state index is 9.01. The van der Waals surface area contributed by atoms with Crippen LogP contribution in [0.1, 0.15) is 16.7 Å². The molecular formula is C14H12N6. The van der Waals surface area contributed by atoms with E-state index in [0.717, 1.165) is 5.56 Å². The van der Waals surface area contributed by atoms with Gasteiger partial charge in [-0.2, -0.15) is 15.5 Å². The van der Waals surface area contributed by atoms with Crippen LogP contribution >= 0.6 is 0 Å². The van der Waals surface area contributed by atoms with Crippen LogP contribution < -0.4 is 10.6 Å². The third kappa shape index (κ3) is 2.65. The molecule has 20 heavy (non-hydrogen) atoms. The minimum Gasteiger partial charge on any atom is -0.357 e. The first-order valence-electron chi connectivity index (χ1n) is 5.90. The maximum Gasteiger partial charge on any atom is 0.224 e. The first-order chi connectivity index (χ1) is 9.67. The molecule has 0 saturated carbocycles. The highest BCUT2D eigenvalue weighted by molar-refractivity contribution is 5.64. The van der Waals surface area contributed by atoms with Crippen LogP contribution in [-0.4, -0.2) is 17.0 Å². The fourth-order valence-corrected chi connectivity index (χ4v) is 1.64. The molecule has 98 valence electrons. The molecule has 2 aromatic rings. The van der Waals surface area contributed by atoms with Gasteiger partial charge in [-0.3, -0.25) is 0 Å². The van der Waals surface area contributed by atoms with E-state index in [0.29, 0.717) is 28.6 Å². The molecule has 1 aromatic carbocycles. The Balaban J connectivity index is 2.36. The van der Waals surface area contributed by atoms with Crippen LogP contribution in [0.5, 0.6) is 0 Å². The highest BCUT2D eigenvalue weighted by Crippen LogP contribution is 2.21. The number of benzene rings is 1. The number of nitrogens with one attached hydrogen (secondary N) is 2. The zero-order chi connectivity index (χ0) is 14.5. The Bertz CT molecular complexity index is 723. The van der Waals surface area contributed by atoms with Crippen LogP contribution in [0.15, 0.2) is 24.4 Å². The summed E-state index contributed by atoms with van der Waals surface area (Å²) >= 11 is 0. The van der Waals surface area contributed by atoms with Crippen molar-refractivity contribution in [1.29, 1.82) is 10.5 Å². The molecule has 0 spiro atoms. The third-order valence-electron chi connectivity index (χ3n) is 2.72. The van der Waals surface area contributed by atoms with Crippen LogP contribution in [0, 0.1) is 29.6 Å². The molecule has 0 radical (unpaired) electrons. The van der Waals surface area contributed by atoms with Crippen LogP contribution in [0.25, 0.3) is 0 Å². The number of aryl methyl sites for hydroxylation is 1. The van der Waals surface area contributed by atoms with Gasteiger partial charge < -0.3 is 10.6 Å². The summed E-state index contributed by atoms with van der Waals surface area (Å²) in [5.74, 6) is 1.16. The second-order valence-corrected chi connectivity index (χ2v) is 4.08. The molecule has 2 N–H and O–H groups in total. The van der Waals surface area contributed by atoms with Crippen molar-refractivity contribution in [3.8, 4) is 12.1 Å². The van der Waals surface area contributed by atoms with Crippen LogP contribution in [-0.2, 0) is 0 Å². The number of nitrogens with zero attached hydrogens (tertiary/aromatic N) is 4. The molecule has 0 aliphatic heterocycles. The number of aromatic nitrogens is 2. The molecule has 6 nitrogen and oxygen atoms in total. The van der Waals surface area contributed by atoms with Crippen molar-refractivity contribution in [2.24, 2.45) is 0 Å². The fraction of sp³-hybridized carbons (Fsp3) is 0.143. The molecule has 0 aliphatic rings. The average molecular weight is 264 g/mol. The monoisotopic (exact) mass is 264 g/mol. The smallest absolute Gasteiger partial charge is 0.224 e. The van der Waals surface area contributed by atoms with E-state index in [1.54, 1.807) is 31.4 Å². The van der Waals surface area contributed by atoms with Gasteiger partial charge in [-0.1, -0.05) is 0 Å². The zero-order valence-electron chi connectivity index (χ0n) is 11.1. The summed E-state index contributed by atoms with van der Waals surface area (Å²) in [6.45, 7) is 1.89. The predicted octanol–water partition coefficient (Wildman–Crippen LogP) is 2.31. The largest absolute Gasteiger partial charge is 0.357 e. The van der Waals surface area contributed by atoms with Crippen LogP contribution in [0.3, 0.4) is 0 Å². The lowest BCUT2D eigenvalue weighted by Gasteiger charge is -2.10. The molecule has 0 saturated heterocycles. The van der Waals surface area contributed by atoms with E-state index in [1.807, 2.05) is 19.1 Å². The molecule has 1 heterocycles. The minimum atomic E-state index is 0.332. The summed E-state index contributed by atoms with van der Waals surface area (Å²) in [7, 11) is 1.74. The van der Waals surface area contributed by atoms with Gasteiger partial charge in [0.25, 0.3) is 0 Å². The van der Waals surface area contributed by atoms with Crippen molar-refractivity contribution in [2.75, 3.05) is 17.7 Å². The van der Waals surface area contributed by atoms with Crippen molar-refractivity contribution in [3.05, 3.63) is 41.1 Å². The summed E-state index contributed by atoms with van der Waals surface area (Å²) in [5, 5.41) is 23.9. The van der Waals surface area contributed by atoms with E-state index >= 15 is 0 Å². The second-order valence-electron chi connectivity index (χ2n) is 4.08. The Hall–Kier alpha value is -3.12. The van der Waals surface area contributed by atoms with Gasteiger partial charge in [0.2, 0.25) is 5.95 Å². The molecule has 0 fully saturated rings. The van der Waals surface area contributed by atoms with Gasteiger partial charge in [-0.05, 0) is 25.1 Å². The number of nitriles is 2. The summed E-state index contributed by atoms with van der Waals surface area (Å²) in [4.78, 5) is 8.41.